The summed E-state index contributed by atoms with van der Waals surface area (Å²) in [5, 5.41) is 8.18. The van der Waals surface area contributed by atoms with Crippen molar-refractivity contribution in [1.82, 2.24) is 5.32 Å². The van der Waals surface area contributed by atoms with Crippen molar-refractivity contribution < 1.29 is 18.8 Å². The van der Waals surface area contributed by atoms with Crippen molar-refractivity contribution in [3.8, 4) is 0 Å². The van der Waals surface area contributed by atoms with Crippen LogP contribution in [0.15, 0.2) is 48.5 Å². The van der Waals surface area contributed by atoms with Gasteiger partial charge in [0.1, 0.15) is 11.9 Å². The first-order valence-corrected chi connectivity index (χ1v) is 9.62. The molecule has 2 aromatic carbocycles. The number of carbonyl (C=O) groups is 3. The standard InChI is InChI=1S/C22H24FN3O3/c1-13(2)19(26-21(28)17-5-3-4-6-18(17)23)22(29)25-16-11-9-15(10-12-16)24-20(27)14-7-8-14/h3-6,9-14,19H,7-8H2,1-2H3,(H,24,27)(H,25,29)(H,26,28). The minimum Gasteiger partial charge on any atom is -0.340 e. The van der Waals surface area contributed by atoms with Gasteiger partial charge in [-0.25, -0.2) is 4.39 Å². The number of hydrogen-bond acceptors (Lipinski definition) is 3. The molecule has 6 nitrogen and oxygen atoms in total. The van der Waals surface area contributed by atoms with Crippen LogP contribution >= 0.6 is 0 Å². The fourth-order valence-corrected chi connectivity index (χ4v) is 2.85. The molecule has 1 saturated carbocycles. The Labute approximate surface area is 168 Å². The summed E-state index contributed by atoms with van der Waals surface area (Å²) in [6.45, 7) is 3.59. The molecule has 0 heterocycles. The van der Waals surface area contributed by atoms with Crippen LogP contribution < -0.4 is 16.0 Å². The van der Waals surface area contributed by atoms with Gasteiger partial charge < -0.3 is 16.0 Å². The molecule has 2 aromatic rings. The lowest BCUT2D eigenvalue weighted by atomic mass is 10.0. The van der Waals surface area contributed by atoms with E-state index in [-0.39, 0.29) is 23.3 Å². The molecular weight excluding hydrogens is 373 g/mol. The van der Waals surface area contributed by atoms with Crippen LogP contribution in [0.1, 0.15) is 37.0 Å². The van der Waals surface area contributed by atoms with Crippen molar-refractivity contribution in [3.63, 3.8) is 0 Å². The average molecular weight is 397 g/mol. The smallest absolute Gasteiger partial charge is 0.254 e. The van der Waals surface area contributed by atoms with E-state index < -0.39 is 23.7 Å². The average Bonchev–Trinajstić information content (AvgIpc) is 3.53. The monoisotopic (exact) mass is 397 g/mol. The lowest BCUT2D eigenvalue weighted by molar-refractivity contribution is -0.119. The molecule has 3 amide bonds. The van der Waals surface area contributed by atoms with Gasteiger partial charge in [-0.15, -0.1) is 0 Å². The highest BCUT2D eigenvalue weighted by Crippen LogP contribution is 2.30. The summed E-state index contributed by atoms with van der Waals surface area (Å²) in [4.78, 5) is 36.8. The van der Waals surface area contributed by atoms with E-state index in [0.717, 1.165) is 12.8 Å². The summed E-state index contributed by atoms with van der Waals surface area (Å²) in [6, 6.07) is 11.6. The summed E-state index contributed by atoms with van der Waals surface area (Å²) in [7, 11) is 0. The molecule has 3 N–H and O–H groups in total. The highest BCUT2D eigenvalue weighted by Gasteiger charge is 2.29. The maximum Gasteiger partial charge on any atom is 0.254 e. The van der Waals surface area contributed by atoms with Crippen LogP contribution in [0.2, 0.25) is 0 Å². The molecule has 0 aliphatic heterocycles. The summed E-state index contributed by atoms with van der Waals surface area (Å²) < 4.78 is 13.8. The molecule has 1 aliphatic rings. The Balaban J connectivity index is 1.62. The maximum absolute atomic E-state index is 13.8. The molecule has 7 heteroatoms. The van der Waals surface area contributed by atoms with E-state index in [1.165, 1.54) is 18.2 Å². The van der Waals surface area contributed by atoms with E-state index in [1.54, 1.807) is 44.2 Å². The first-order valence-electron chi connectivity index (χ1n) is 9.62. The van der Waals surface area contributed by atoms with Gasteiger partial charge >= 0.3 is 0 Å². The van der Waals surface area contributed by atoms with Crippen molar-refractivity contribution in [2.45, 2.75) is 32.7 Å². The quantitative estimate of drug-likeness (QED) is 0.668. The molecular formula is C22H24FN3O3. The van der Waals surface area contributed by atoms with E-state index in [0.29, 0.717) is 11.4 Å². The number of nitrogens with one attached hydrogen (secondary N) is 3. The topological polar surface area (TPSA) is 87.3 Å². The van der Waals surface area contributed by atoms with E-state index >= 15 is 0 Å². The Bertz CT molecular complexity index is 908. The zero-order valence-electron chi connectivity index (χ0n) is 16.4. The van der Waals surface area contributed by atoms with Crippen molar-refractivity contribution in [1.29, 1.82) is 0 Å². The van der Waals surface area contributed by atoms with Gasteiger partial charge in [0.25, 0.3) is 5.91 Å². The predicted molar refractivity (Wildman–Crippen MR) is 109 cm³/mol. The first kappa shape index (κ1) is 20.5. The maximum atomic E-state index is 13.8. The molecule has 1 unspecified atom stereocenters. The highest BCUT2D eigenvalue weighted by molar-refractivity contribution is 6.01. The van der Waals surface area contributed by atoms with E-state index in [4.69, 9.17) is 0 Å². The van der Waals surface area contributed by atoms with E-state index in [1.807, 2.05) is 0 Å². The molecule has 152 valence electrons. The third-order valence-corrected chi connectivity index (χ3v) is 4.72. The zero-order valence-corrected chi connectivity index (χ0v) is 16.4. The van der Waals surface area contributed by atoms with Crippen LogP contribution in [0.5, 0.6) is 0 Å². The summed E-state index contributed by atoms with van der Waals surface area (Å²) in [5.74, 6) is -1.77. The van der Waals surface area contributed by atoms with Crippen molar-refractivity contribution in [2.24, 2.45) is 11.8 Å². The van der Waals surface area contributed by atoms with Crippen molar-refractivity contribution in [3.05, 3.63) is 59.9 Å². The Morgan fingerprint density at radius 2 is 1.52 bits per heavy atom. The number of hydrogen-bond donors (Lipinski definition) is 3. The molecule has 0 aromatic heterocycles. The van der Waals surface area contributed by atoms with Crippen LogP contribution in [-0.4, -0.2) is 23.8 Å². The SMILES string of the molecule is CC(C)C(NC(=O)c1ccccc1F)C(=O)Nc1ccc(NC(=O)C2CC2)cc1. The summed E-state index contributed by atoms with van der Waals surface area (Å²) in [5.41, 5.74) is 1.08. The molecule has 0 radical (unpaired) electrons. The summed E-state index contributed by atoms with van der Waals surface area (Å²) in [6.07, 6.45) is 1.85. The summed E-state index contributed by atoms with van der Waals surface area (Å²) >= 11 is 0. The zero-order chi connectivity index (χ0) is 21.0. The molecule has 29 heavy (non-hydrogen) atoms. The number of benzene rings is 2. The van der Waals surface area contributed by atoms with Gasteiger partial charge in [-0.05, 0) is 55.2 Å². The van der Waals surface area contributed by atoms with Gasteiger partial charge in [0, 0.05) is 17.3 Å². The fraction of sp³-hybridized carbons (Fsp3) is 0.318. The highest BCUT2D eigenvalue weighted by atomic mass is 19.1. The number of amides is 3. The minimum absolute atomic E-state index is 0.0116. The molecule has 1 atom stereocenters. The van der Waals surface area contributed by atoms with Crippen LogP contribution in [-0.2, 0) is 9.59 Å². The van der Waals surface area contributed by atoms with Crippen LogP contribution in [0.3, 0.4) is 0 Å². The fourth-order valence-electron chi connectivity index (χ4n) is 2.85. The lowest BCUT2D eigenvalue weighted by Crippen LogP contribution is -2.47. The van der Waals surface area contributed by atoms with Gasteiger partial charge in [0.2, 0.25) is 11.8 Å². The second kappa shape index (κ2) is 8.86. The largest absolute Gasteiger partial charge is 0.340 e. The Morgan fingerprint density at radius 1 is 0.931 bits per heavy atom. The van der Waals surface area contributed by atoms with E-state index in [2.05, 4.69) is 16.0 Å². The number of carbonyl (C=O) groups excluding carboxylic acids is 3. The van der Waals surface area contributed by atoms with Crippen molar-refractivity contribution in [2.75, 3.05) is 10.6 Å². The lowest BCUT2D eigenvalue weighted by Gasteiger charge is -2.22. The number of halogens is 1. The molecule has 0 bridgehead atoms. The third-order valence-electron chi connectivity index (χ3n) is 4.72. The Kier molecular flexibility index (Phi) is 6.26. The molecule has 1 fully saturated rings. The molecule has 0 spiro atoms. The van der Waals surface area contributed by atoms with Gasteiger partial charge in [-0.1, -0.05) is 26.0 Å². The van der Waals surface area contributed by atoms with Crippen LogP contribution in [0.25, 0.3) is 0 Å². The van der Waals surface area contributed by atoms with E-state index in [9.17, 15) is 18.8 Å². The van der Waals surface area contributed by atoms with Crippen molar-refractivity contribution >= 4 is 29.1 Å². The van der Waals surface area contributed by atoms with Crippen LogP contribution in [0.4, 0.5) is 15.8 Å². The number of rotatable bonds is 7. The van der Waals surface area contributed by atoms with Gasteiger partial charge in [0.15, 0.2) is 0 Å². The minimum atomic E-state index is -0.837. The van der Waals surface area contributed by atoms with Gasteiger partial charge in [0.05, 0.1) is 5.56 Å². The second-order valence-electron chi connectivity index (χ2n) is 7.51. The second-order valence-corrected chi connectivity index (χ2v) is 7.51. The van der Waals surface area contributed by atoms with Gasteiger partial charge in [-0.2, -0.15) is 0 Å². The third kappa shape index (κ3) is 5.40. The number of anilines is 2. The van der Waals surface area contributed by atoms with Gasteiger partial charge in [-0.3, -0.25) is 14.4 Å². The normalized spacial score (nSPS) is 14.2. The van der Waals surface area contributed by atoms with Crippen LogP contribution in [0, 0.1) is 17.7 Å². The first-order chi connectivity index (χ1) is 13.8. The predicted octanol–water partition coefficient (Wildman–Crippen LogP) is 3.57. The Hall–Kier alpha value is -3.22. The molecule has 1 aliphatic carbocycles. The Morgan fingerprint density at radius 3 is 2.07 bits per heavy atom. The molecule has 3 rings (SSSR count). The molecule has 0 saturated heterocycles.